The lowest BCUT2D eigenvalue weighted by Crippen LogP contribution is -2.44. The summed E-state index contributed by atoms with van der Waals surface area (Å²) in [6.45, 7) is 14.0. The van der Waals surface area contributed by atoms with Gasteiger partial charge in [0, 0.05) is 13.1 Å². The Morgan fingerprint density at radius 2 is 1.55 bits per heavy atom. The van der Waals surface area contributed by atoms with Gasteiger partial charge in [-0.2, -0.15) is 14.9 Å². The van der Waals surface area contributed by atoms with Gasteiger partial charge in [-0.05, 0) is 54.4 Å². The van der Waals surface area contributed by atoms with E-state index in [1.807, 2.05) is 6.92 Å². The topological polar surface area (TPSA) is 169 Å². The first-order chi connectivity index (χ1) is 19.6. The third-order valence-corrected chi connectivity index (χ3v) is 5.60. The van der Waals surface area contributed by atoms with Gasteiger partial charge in [0.25, 0.3) is 0 Å². The van der Waals surface area contributed by atoms with E-state index < -0.39 is 41.8 Å². The molecule has 0 aromatic carbocycles. The van der Waals surface area contributed by atoms with E-state index in [0.29, 0.717) is 17.9 Å². The Labute approximate surface area is 246 Å². The predicted octanol–water partition coefficient (Wildman–Crippen LogP) is 4.82. The van der Waals surface area contributed by atoms with Crippen molar-refractivity contribution < 1.29 is 33.8 Å². The summed E-state index contributed by atoms with van der Waals surface area (Å²) in [5.74, 6) is -1.65. The molecular weight excluding hydrogens is 546 g/mol. The van der Waals surface area contributed by atoms with E-state index in [1.54, 1.807) is 41.5 Å². The minimum absolute atomic E-state index is 0.0522. The molecule has 0 aliphatic carbocycles. The fourth-order valence-electron chi connectivity index (χ4n) is 3.87. The highest BCUT2D eigenvalue weighted by atomic mass is 16.6. The van der Waals surface area contributed by atoms with Crippen molar-refractivity contribution in [1.82, 2.24) is 24.4 Å². The first kappa shape index (κ1) is 34.2. The first-order valence-electron chi connectivity index (χ1n) is 14.3. The monoisotopic (exact) mass is 591 g/mol. The molecule has 0 aliphatic heterocycles. The molecule has 0 bridgehead atoms. The molecule has 14 heteroatoms. The van der Waals surface area contributed by atoms with Gasteiger partial charge >= 0.3 is 18.2 Å². The SMILES string of the molecule is CCCCCCNc1nc(N(C(=O)OC(C)(C)C)C(=O)OC(C)(C)C)c2ncn(CC(=O)N(CCC)CC(=O)O)c2n1. The molecule has 0 radical (unpaired) electrons. The molecule has 2 heterocycles. The Balaban J connectivity index is 2.64. The summed E-state index contributed by atoms with van der Waals surface area (Å²) in [6.07, 6.45) is 3.82. The zero-order valence-electron chi connectivity index (χ0n) is 26.0. The molecule has 0 aliphatic rings. The lowest BCUT2D eigenvalue weighted by molar-refractivity contribution is -0.144. The molecule has 0 spiro atoms. The number of imidazole rings is 1. The number of carbonyl (C=O) groups excluding carboxylic acids is 3. The number of carboxylic acid groups (broad SMARTS) is 1. The number of aliphatic carboxylic acids is 1. The molecule has 3 amide bonds. The van der Waals surface area contributed by atoms with Gasteiger partial charge in [0.1, 0.15) is 24.3 Å². The van der Waals surface area contributed by atoms with Crippen molar-refractivity contribution in [3.05, 3.63) is 6.33 Å². The van der Waals surface area contributed by atoms with Crippen molar-refractivity contribution >= 4 is 47.0 Å². The maximum absolute atomic E-state index is 13.4. The molecule has 234 valence electrons. The van der Waals surface area contributed by atoms with Crippen molar-refractivity contribution in [2.45, 2.75) is 105 Å². The summed E-state index contributed by atoms with van der Waals surface area (Å²) in [7, 11) is 0. The number of hydrogen-bond acceptors (Lipinski definition) is 10. The third kappa shape index (κ3) is 10.5. The van der Waals surface area contributed by atoms with Crippen LogP contribution in [0.5, 0.6) is 0 Å². The van der Waals surface area contributed by atoms with Crippen LogP contribution < -0.4 is 10.2 Å². The quantitative estimate of drug-likeness (QED) is 0.306. The second-order valence-corrected chi connectivity index (χ2v) is 11.9. The Morgan fingerprint density at radius 3 is 2.07 bits per heavy atom. The van der Waals surface area contributed by atoms with Crippen LogP contribution in [0, 0.1) is 0 Å². The number of amides is 3. The zero-order valence-corrected chi connectivity index (χ0v) is 26.0. The van der Waals surface area contributed by atoms with Crippen LogP contribution in [0.1, 0.15) is 87.5 Å². The Hall–Kier alpha value is -3.97. The molecule has 14 nitrogen and oxygen atoms in total. The zero-order chi connectivity index (χ0) is 31.7. The van der Waals surface area contributed by atoms with Crippen molar-refractivity contribution in [3.63, 3.8) is 0 Å². The van der Waals surface area contributed by atoms with Crippen LogP contribution in [0.4, 0.5) is 21.4 Å². The summed E-state index contributed by atoms with van der Waals surface area (Å²) in [5.41, 5.74) is -1.67. The summed E-state index contributed by atoms with van der Waals surface area (Å²) in [6, 6.07) is 0. The van der Waals surface area contributed by atoms with Gasteiger partial charge in [-0.15, -0.1) is 0 Å². The van der Waals surface area contributed by atoms with Crippen molar-refractivity contribution in [2.24, 2.45) is 0 Å². The fourth-order valence-corrected chi connectivity index (χ4v) is 3.87. The molecule has 2 aromatic rings. The van der Waals surface area contributed by atoms with E-state index >= 15 is 0 Å². The van der Waals surface area contributed by atoms with E-state index in [9.17, 15) is 24.3 Å². The van der Waals surface area contributed by atoms with E-state index in [2.05, 4.69) is 27.2 Å². The normalized spacial score (nSPS) is 11.7. The second kappa shape index (κ2) is 14.8. The van der Waals surface area contributed by atoms with Gasteiger partial charge < -0.3 is 29.4 Å². The van der Waals surface area contributed by atoms with Gasteiger partial charge in [-0.3, -0.25) is 9.59 Å². The van der Waals surface area contributed by atoms with E-state index in [4.69, 9.17) is 9.47 Å². The summed E-state index contributed by atoms with van der Waals surface area (Å²) >= 11 is 0. The van der Waals surface area contributed by atoms with Gasteiger partial charge in [-0.25, -0.2) is 14.6 Å². The van der Waals surface area contributed by atoms with Crippen LogP contribution in [0.2, 0.25) is 0 Å². The molecule has 0 fully saturated rings. The van der Waals surface area contributed by atoms with Gasteiger partial charge in [0.2, 0.25) is 11.9 Å². The second-order valence-electron chi connectivity index (χ2n) is 11.9. The van der Waals surface area contributed by atoms with Crippen molar-refractivity contribution in [2.75, 3.05) is 29.9 Å². The largest absolute Gasteiger partial charge is 0.480 e. The Bertz CT molecular complexity index is 1220. The van der Waals surface area contributed by atoms with Crippen LogP contribution >= 0.6 is 0 Å². The van der Waals surface area contributed by atoms with Gasteiger partial charge in [-0.1, -0.05) is 33.1 Å². The number of anilines is 2. The molecular formula is C28H45N7O7. The number of nitrogens with one attached hydrogen (secondary N) is 1. The molecule has 2 N–H and O–H groups in total. The average Bonchev–Trinajstić information content (AvgIpc) is 3.24. The van der Waals surface area contributed by atoms with Crippen LogP contribution in [-0.4, -0.2) is 84.4 Å². The van der Waals surface area contributed by atoms with Crippen LogP contribution in [0.15, 0.2) is 6.33 Å². The highest BCUT2D eigenvalue weighted by Crippen LogP contribution is 2.28. The summed E-state index contributed by atoms with van der Waals surface area (Å²) in [4.78, 5) is 66.5. The Kier molecular flexibility index (Phi) is 12.0. The lowest BCUT2D eigenvalue weighted by Gasteiger charge is -2.28. The highest BCUT2D eigenvalue weighted by Gasteiger charge is 2.36. The average molecular weight is 592 g/mol. The lowest BCUT2D eigenvalue weighted by atomic mass is 10.2. The number of rotatable bonds is 13. The molecule has 2 rings (SSSR count). The van der Waals surface area contributed by atoms with Gasteiger partial charge in [0.15, 0.2) is 17.0 Å². The minimum atomic E-state index is -1.13. The van der Waals surface area contributed by atoms with Crippen LogP contribution in [0.3, 0.4) is 0 Å². The predicted molar refractivity (Wildman–Crippen MR) is 157 cm³/mol. The molecule has 0 unspecified atom stereocenters. The van der Waals surface area contributed by atoms with E-state index in [0.717, 1.165) is 25.7 Å². The van der Waals surface area contributed by atoms with Gasteiger partial charge in [0.05, 0.1) is 6.33 Å². The molecule has 0 saturated heterocycles. The van der Waals surface area contributed by atoms with Crippen LogP contribution in [-0.2, 0) is 25.6 Å². The minimum Gasteiger partial charge on any atom is -0.480 e. The molecule has 0 atom stereocenters. The number of nitrogens with zero attached hydrogens (tertiary/aromatic N) is 6. The third-order valence-electron chi connectivity index (χ3n) is 5.60. The molecule has 2 aromatic heterocycles. The summed E-state index contributed by atoms with van der Waals surface area (Å²) < 4.78 is 12.5. The number of unbranched alkanes of at least 4 members (excludes halogenated alkanes) is 3. The number of imide groups is 1. The fraction of sp³-hybridized carbons (Fsp3) is 0.679. The number of carboxylic acids is 1. The first-order valence-corrected chi connectivity index (χ1v) is 14.3. The van der Waals surface area contributed by atoms with Crippen LogP contribution in [0.25, 0.3) is 11.2 Å². The number of ether oxygens (including phenoxy) is 2. The maximum atomic E-state index is 13.4. The van der Waals surface area contributed by atoms with E-state index in [1.165, 1.54) is 15.8 Å². The number of hydrogen-bond donors (Lipinski definition) is 2. The number of aromatic nitrogens is 4. The van der Waals surface area contributed by atoms with E-state index in [-0.39, 0.29) is 36.0 Å². The number of carbonyl (C=O) groups is 4. The maximum Gasteiger partial charge on any atom is 0.425 e. The summed E-state index contributed by atoms with van der Waals surface area (Å²) in [5, 5.41) is 12.4. The highest BCUT2D eigenvalue weighted by molar-refractivity contribution is 6.12. The van der Waals surface area contributed by atoms with Crippen molar-refractivity contribution in [1.29, 1.82) is 0 Å². The smallest absolute Gasteiger partial charge is 0.425 e. The van der Waals surface area contributed by atoms with Crippen molar-refractivity contribution in [3.8, 4) is 0 Å². The molecule has 42 heavy (non-hydrogen) atoms. The Morgan fingerprint density at radius 1 is 0.929 bits per heavy atom. The number of fused-ring (bicyclic) bond motifs is 1. The standard InChI is InChI=1S/C28H45N7O7/c1-9-11-12-13-14-29-24-31-22-21(30-18-34(22)16-19(36)33(15-10-2)17-20(37)38)23(32-24)35(25(39)41-27(3,4)5)26(40)42-28(6,7)8/h18H,9-17H2,1-8H3,(H,37,38)(H,29,31,32). The molecule has 0 saturated carbocycles.